The van der Waals surface area contributed by atoms with Gasteiger partial charge in [0.2, 0.25) is 11.0 Å². The molecule has 5 nitrogen and oxygen atoms in total. The first-order valence-corrected chi connectivity index (χ1v) is 7.16. The normalized spacial score (nSPS) is 11.4. The molecule has 0 atom stereocenters. The lowest BCUT2D eigenvalue weighted by atomic mass is 9.87. The van der Waals surface area contributed by atoms with E-state index < -0.39 is 0 Å². The SMILES string of the molecule is CC(C)(C)c1ccc(-c2nnc(NC(=O)CN)s2)cc1. The zero-order valence-corrected chi connectivity index (χ0v) is 12.6. The molecule has 0 spiro atoms. The van der Waals surface area contributed by atoms with Crippen molar-refractivity contribution in [3.8, 4) is 10.6 Å². The van der Waals surface area contributed by atoms with Gasteiger partial charge in [0.05, 0.1) is 6.54 Å². The van der Waals surface area contributed by atoms with Crippen LogP contribution in [0.25, 0.3) is 10.6 Å². The lowest BCUT2D eigenvalue weighted by Gasteiger charge is -2.18. The summed E-state index contributed by atoms with van der Waals surface area (Å²) in [5.41, 5.74) is 7.62. The van der Waals surface area contributed by atoms with E-state index in [0.29, 0.717) is 5.13 Å². The molecule has 0 aliphatic carbocycles. The number of hydrogen-bond donors (Lipinski definition) is 2. The lowest BCUT2D eigenvalue weighted by Crippen LogP contribution is -2.21. The largest absolute Gasteiger partial charge is 0.322 e. The molecular formula is C14H18N4OS. The fourth-order valence-corrected chi connectivity index (χ4v) is 2.44. The standard InChI is InChI=1S/C14H18N4OS/c1-14(2,3)10-6-4-9(5-7-10)12-17-18-13(20-12)16-11(19)8-15/h4-7H,8,15H2,1-3H3,(H,16,18,19). The average molecular weight is 290 g/mol. The van der Waals surface area contributed by atoms with E-state index in [-0.39, 0.29) is 17.9 Å². The van der Waals surface area contributed by atoms with E-state index in [1.54, 1.807) is 0 Å². The number of rotatable bonds is 3. The minimum Gasteiger partial charge on any atom is -0.322 e. The van der Waals surface area contributed by atoms with Crippen LogP contribution in [-0.2, 0) is 10.2 Å². The van der Waals surface area contributed by atoms with Crippen molar-refractivity contribution in [2.24, 2.45) is 5.73 Å². The number of nitrogens with zero attached hydrogens (tertiary/aromatic N) is 2. The highest BCUT2D eigenvalue weighted by Crippen LogP contribution is 2.29. The number of nitrogens with two attached hydrogens (primary N) is 1. The van der Waals surface area contributed by atoms with Gasteiger partial charge in [-0.3, -0.25) is 10.1 Å². The van der Waals surface area contributed by atoms with Crippen molar-refractivity contribution >= 4 is 22.4 Å². The molecule has 0 unspecified atom stereocenters. The topological polar surface area (TPSA) is 80.9 Å². The molecule has 6 heteroatoms. The van der Waals surface area contributed by atoms with E-state index in [9.17, 15) is 4.79 Å². The molecule has 1 heterocycles. The Morgan fingerprint density at radius 1 is 1.25 bits per heavy atom. The maximum Gasteiger partial charge on any atom is 0.239 e. The van der Waals surface area contributed by atoms with E-state index in [2.05, 4.69) is 48.4 Å². The molecule has 2 rings (SSSR count). The van der Waals surface area contributed by atoms with Crippen molar-refractivity contribution in [1.29, 1.82) is 0 Å². The number of carbonyl (C=O) groups is 1. The van der Waals surface area contributed by atoms with E-state index in [0.717, 1.165) is 10.6 Å². The summed E-state index contributed by atoms with van der Waals surface area (Å²) >= 11 is 1.33. The molecule has 0 aliphatic rings. The zero-order valence-electron chi connectivity index (χ0n) is 11.8. The second-order valence-electron chi connectivity index (χ2n) is 5.49. The van der Waals surface area contributed by atoms with Gasteiger partial charge in [-0.2, -0.15) is 0 Å². The van der Waals surface area contributed by atoms with Crippen LogP contribution in [0.4, 0.5) is 5.13 Å². The second kappa shape index (κ2) is 5.68. The van der Waals surface area contributed by atoms with E-state index in [1.165, 1.54) is 16.9 Å². The summed E-state index contributed by atoms with van der Waals surface area (Å²) in [5.74, 6) is -0.268. The second-order valence-corrected chi connectivity index (χ2v) is 6.47. The third-order valence-corrected chi connectivity index (χ3v) is 3.74. The first-order chi connectivity index (χ1) is 9.40. The zero-order chi connectivity index (χ0) is 14.8. The Morgan fingerprint density at radius 2 is 1.90 bits per heavy atom. The summed E-state index contributed by atoms with van der Waals surface area (Å²) in [6.07, 6.45) is 0. The fraction of sp³-hybridized carbons (Fsp3) is 0.357. The van der Waals surface area contributed by atoms with E-state index >= 15 is 0 Å². The molecule has 20 heavy (non-hydrogen) atoms. The minimum atomic E-state index is -0.268. The molecule has 1 amide bonds. The highest BCUT2D eigenvalue weighted by Gasteiger charge is 2.14. The molecule has 3 N–H and O–H groups in total. The Labute approximate surface area is 122 Å². The number of hydrogen-bond acceptors (Lipinski definition) is 5. The smallest absolute Gasteiger partial charge is 0.239 e. The molecule has 0 saturated heterocycles. The molecule has 106 valence electrons. The van der Waals surface area contributed by atoms with Gasteiger partial charge in [0.25, 0.3) is 0 Å². The van der Waals surface area contributed by atoms with Crippen molar-refractivity contribution in [3.05, 3.63) is 29.8 Å². The summed E-state index contributed by atoms with van der Waals surface area (Å²) in [6, 6.07) is 8.23. The maximum atomic E-state index is 11.2. The van der Waals surface area contributed by atoms with Crippen LogP contribution in [-0.4, -0.2) is 22.6 Å². The molecular weight excluding hydrogens is 272 g/mol. The van der Waals surface area contributed by atoms with Gasteiger partial charge in [0, 0.05) is 5.56 Å². The van der Waals surface area contributed by atoms with E-state index in [1.807, 2.05) is 12.1 Å². The van der Waals surface area contributed by atoms with Crippen LogP contribution in [0.5, 0.6) is 0 Å². The summed E-state index contributed by atoms with van der Waals surface area (Å²) < 4.78 is 0. The molecule has 0 bridgehead atoms. The first-order valence-electron chi connectivity index (χ1n) is 6.34. The number of nitrogens with one attached hydrogen (secondary N) is 1. The third-order valence-electron chi connectivity index (χ3n) is 2.85. The Bertz CT molecular complexity index is 598. The summed E-state index contributed by atoms with van der Waals surface area (Å²) in [5, 5.41) is 11.9. The van der Waals surface area contributed by atoms with Gasteiger partial charge in [-0.15, -0.1) is 10.2 Å². The van der Waals surface area contributed by atoms with Crippen LogP contribution < -0.4 is 11.1 Å². The number of benzene rings is 1. The molecule has 0 saturated carbocycles. The Hall–Kier alpha value is -1.79. The molecule has 2 aromatic rings. The molecule has 1 aromatic heterocycles. The molecule has 0 radical (unpaired) electrons. The molecule has 0 aliphatic heterocycles. The Kier molecular flexibility index (Phi) is 4.15. The van der Waals surface area contributed by atoms with Crippen LogP contribution in [0.15, 0.2) is 24.3 Å². The van der Waals surface area contributed by atoms with Crippen molar-refractivity contribution in [2.45, 2.75) is 26.2 Å². The van der Waals surface area contributed by atoms with Crippen LogP contribution in [0.3, 0.4) is 0 Å². The average Bonchev–Trinajstić information content (AvgIpc) is 2.86. The van der Waals surface area contributed by atoms with Gasteiger partial charge < -0.3 is 5.73 Å². The number of anilines is 1. The summed E-state index contributed by atoms with van der Waals surface area (Å²) in [6.45, 7) is 6.46. The van der Waals surface area contributed by atoms with Gasteiger partial charge in [-0.25, -0.2) is 0 Å². The molecule has 0 fully saturated rings. The Balaban J connectivity index is 2.18. The van der Waals surface area contributed by atoms with Crippen LogP contribution >= 0.6 is 11.3 Å². The predicted octanol–water partition coefficient (Wildman–Crippen LogP) is 2.40. The monoisotopic (exact) mass is 290 g/mol. The predicted molar refractivity (Wildman–Crippen MR) is 81.7 cm³/mol. The van der Waals surface area contributed by atoms with Gasteiger partial charge in [0.1, 0.15) is 5.01 Å². The van der Waals surface area contributed by atoms with Gasteiger partial charge in [-0.1, -0.05) is 56.4 Å². The quantitative estimate of drug-likeness (QED) is 0.909. The number of amides is 1. The number of carbonyl (C=O) groups excluding carboxylic acids is 1. The van der Waals surface area contributed by atoms with Crippen LogP contribution in [0.2, 0.25) is 0 Å². The van der Waals surface area contributed by atoms with E-state index in [4.69, 9.17) is 5.73 Å². The van der Waals surface area contributed by atoms with Crippen molar-refractivity contribution < 1.29 is 4.79 Å². The maximum absolute atomic E-state index is 11.2. The van der Waals surface area contributed by atoms with Gasteiger partial charge in [0.15, 0.2) is 0 Å². The Morgan fingerprint density at radius 3 is 2.45 bits per heavy atom. The van der Waals surface area contributed by atoms with Crippen molar-refractivity contribution in [2.75, 3.05) is 11.9 Å². The summed E-state index contributed by atoms with van der Waals surface area (Å²) in [4.78, 5) is 11.2. The first kappa shape index (κ1) is 14.6. The van der Waals surface area contributed by atoms with Crippen molar-refractivity contribution in [1.82, 2.24) is 10.2 Å². The van der Waals surface area contributed by atoms with Gasteiger partial charge in [-0.05, 0) is 11.0 Å². The highest BCUT2D eigenvalue weighted by molar-refractivity contribution is 7.18. The minimum absolute atomic E-state index is 0.0603. The summed E-state index contributed by atoms with van der Waals surface area (Å²) in [7, 11) is 0. The fourth-order valence-electron chi connectivity index (χ4n) is 1.67. The van der Waals surface area contributed by atoms with Crippen LogP contribution in [0, 0.1) is 0 Å². The lowest BCUT2D eigenvalue weighted by molar-refractivity contribution is -0.114. The van der Waals surface area contributed by atoms with Gasteiger partial charge >= 0.3 is 0 Å². The van der Waals surface area contributed by atoms with Crippen molar-refractivity contribution in [3.63, 3.8) is 0 Å². The number of aromatic nitrogens is 2. The van der Waals surface area contributed by atoms with Crippen LogP contribution in [0.1, 0.15) is 26.3 Å². The third kappa shape index (κ3) is 3.40. The highest BCUT2D eigenvalue weighted by atomic mass is 32.1. The molecule has 1 aromatic carbocycles.